The zero-order valence-corrected chi connectivity index (χ0v) is 12.5. The third-order valence-electron chi connectivity index (χ3n) is 2.82. The Kier molecular flexibility index (Phi) is 4.44. The van der Waals surface area contributed by atoms with Crippen LogP contribution in [0.15, 0.2) is 48.9 Å². The van der Waals surface area contributed by atoms with Gasteiger partial charge in [0.2, 0.25) is 0 Å². The van der Waals surface area contributed by atoms with E-state index in [0.29, 0.717) is 16.6 Å². The fraction of sp³-hybridized carbons (Fsp3) is 0.0714. The summed E-state index contributed by atoms with van der Waals surface area (Å²) in [5.74, 6) is 0.655. The van der Waals surface area contributed by atoms with Crippen LogP contribution in [0.1, 0.15) is 0 Å². The van der Waals surface area contributed by atoms with Crippen LogP contribution in [-0.4, -0.2) is 37.7 Å². The van der Waals surface area contributed by atoms with Gasteiger partial charge in [-0.1, -0.05) is 11.6 Å². The molecule has 2 heterocycles. The Morgan fingerprint density at radius 3 is 2.70 bits per heavy atom. The summed E-state index contributed by atoms with van der Waals surface area (Å²) in [6.45, 7) is -0.130. The van der Waals surface area contributed by atoms with E-state index in [1.807, 2.05) is 0 Å². The minimum Gasteiger partial charge on any atom is -0.484 e. The van der Waals surface area contributed by atoms with Crippen molar-refractivity contribution in [3.05, 3.63) is 53.9 Å². The second kappa shape index (κ2) is 6.84. The Morgan fingerprint density at radius 1 is 1.22 bits per heavy atom. The van der Waals surface area contributed by atoms with E-state index in [4.69, 9.17) is 16.3 Å². The second-order valence-electron chi connectivity index (χ2n) is 4.45. The summed E-state index contributed by atoms with van der Waals surface area (Å²) in [4.78, 5) is 15.8. The van der Waals surface area contributed by atoms with Crippen molar-refractivity contribution in [3.8, 4) is 11.4 Å². The molecule has 1 amide bonds. The van der Waals surface area contributed by atoms with Gasteiger partial charge in [-0.05, 0) is 46.8 Å². The standard InChI is InChI=1S/C14H11ClN6O2/c15-10-1-6-13(16-7-10)18-14(22)8-23-12-4-2-11(3-5-12)21-9-17-19-20-21/h1-7,9H,8H2,(H,16,18,22). The van der Waals surface area contributed by atoms with Gasteiger partial charge in [0.15, 0.2) is 6.61 Å². The Hall–Kier alpha value is -3.00. The molecule has 3 aromatic rings. The molecule has 0 unspecified atom stereocenters. The number of hydrogen-bond donors (Lipinski definition) is 1. The molecule has 23 heavy (non-hydrogen) atoms. The molecule has 0 saturated heterocycles. The highest BCUT2D eigenvalue weighted by Gasteiger charge is 2.05. The Morgan fingerprint density at radius 2 is 2.04 bits per heavy atom. The maximum atomic E-state index is 11.8. The number of rotatable bonds is 5. The van der Waals surface area contributed by atoms with Crippen molar-refractivity contribution < 1.29 is 9.53 Å². The average molecular weight is 331 g/mol. The number of tetrazole rings is 1. The number of halogens is 1. The van der Waals surface area contributed by atoms with E-state index in [9.17, 15) is 4.79 Å². The minimum absolute atomic E-state index is 0.130. The number of amides is 1. The summed E-state index contributed by atoms with van der Waals surface area (Å²) in [6.07, 6.45) is 2.94. The molecule has 9 heteroatoms. The molecule has 0 fully saturated rings. The molecule has 2 aromatic heterocycles. The van der Waals surface area contributed by atoms with E-state index in [2.05, 4.69) is 25.8 Å². The van der Waals surface area contributed by atoms with Crippen LogP contribution in [0.2, 0.25) is 5.02 Å². The van der Waals surface area contributed by atoms with Crippen LogP contribution in [0.25, 0.3) is 5.69 Å². The number of nitrogens with zero attached hydrogens (tertiary/aromatic N) is 5. The fourth-order valence-electron chi connectivity index (χ4n) is 1.75. The molecule has 8 nitrogen and oxygen atoms in total. The normalized spacial score (nSPS) is 10.3. The van der Waals surface area contributed by atoms with E-state index in [1.165, 1.54) is 17.2 Å². The Balaban J connectivity index is 1.53. The molecule has 3 rings (SSSR count). The number of pyridine rings is 1. The van der Waals surface area contributed by atoms with E-state index in [-0.39, 0.29) is 12.5 Å². The number of aromatic nitrogens is 5. The number of anilines is 1. The molecule has 0 saturated carbocycles. The largest absolute Gasteiger partial charge is 0.484 e. The fourth-order valence-corrected chi connectivity index (χ4v) is 1.86. The number of benzene rings is 1. The quantitative estimate of drug-likeness (QED) is 0.765. The van der Waals surface area contributed by atoms with Crippen LogP contribution in [0.5, 0.6) is 5.75 Å². The highest BCUT2D eigenvalue weighted by molar-refractivity contribution is 6.30. The van der Waals surface area contributed by atoms with Crippen LogP contribution in [0, 0.1) is 0 Å². The molecule has 0 aliphatic heterocycles. The predicted molar refractivity (Wildman–Crippen MR) is 82.5 cm³/mol. The third kappa shape index (κ3) is 4.01. The Bertz CT molecular complexity index is 774. The summed E-state index contributed by atoms with van der Waals surface area (Å²) in [6, 6.07) is 10.3. The first kappa shape index (κ1) is 14.9. The highest BCUT2D eigenvalue weighted by atomic mass is 35.5. The lowest BCUT2D eigenvalue weighted by atomic mass is 10.3. The van der Waals surface area contributed by atoms with Gasteiger partial charge in [-0.25, -0.2) is 9.67 Å². The van der Waals surface area contributed by atoms with Crippen LogP contribution in [0.4, 0.5) is 5.82 Å². The summed E-state index contributed by atoms with van der Waals surface area (Å²) in [5, 5.41) is 14.0. The molecule has 1 N–H and O–H groups in total. The lowest BCUT2D eigenvalue weighted by molar-refractivity contribution is -0.118. The van der Waals surface area contributed by atoms with Crippen molar-refractivity contribution in [1.29, 1.82) is 0 Å². The predicted octanol–water partition coefficient (Wildman–Crippen LogP) is 1.73. The van der Waals surface area contributed by atoms with Crippen molar-refractivity contribution in [2.45, 2.75) is 0 Å². The molecule has 0 radical (unpaired) electrons. The first-order valence-corrected chi connectivity index (χ1v) is 6.96. The van der Waals surface area contributed by atoms with E-state index in [0.717, 1.165) is 5.69 Å². The van der Waals surface area contributed by atoms with Gasteiger partial charge in [-0.3, -0.25) is 4.79 Å². The monoisotopic (exact) mass is 330 g/mol. The highest BCUT2D eigenvalue weighted by Crippen LogP contribution is 2.14. The number of carbonyl (C=O) groups excluding carboxylic acids is 1. The van der Waals surface area contributed by atoms with Crippen molar-refractivity contribution in [1.82, 2.24) is 25.2 Å². The SMILES string of the molecule is O=C(COc1ccc(-n2cnnn2)cc1)Nc1ccc(Cl)cn1. The van der Waals surface area contributed by atoms with Gasteiger partial charge in [-0.2, -0.15) is 0 Å². The first-order valence-electron chi connectivity index (χ1n) is 6.58. The van der Waals surface area contributed by atoms with Crippen molar-refractivity contribution in [2.75, 3.05) is 11.9 Å². The maximum Gasteiger partial charge on any atom is 0.263 e. The molecular formula is C14H11ClN6O2. The average Bonchev–Trinajstić information content (AvgIpc) is 3.10. The minimum atomic E-state index is -0.315. The Labute approximate surface area is 136 Å². The molecule has 0 aliphatic rings. The van der Waals surface area contributed by atoms with Crippen molar-refractivity contribution in [2.24, 2.45) is 0 Å². The van der Waals surface area contributed by atoms with Gasteiger partial charge in [0.05, 0.1) is 10.7 Å². The molecule has 1 aromatic carbocycles. The van der Waals surface area contributed by atoms with E-state index < -0.39 is 0 Å². The molecular weight excluding hydrogens is 320 g/mol. The molecule has 0 atom stereocenters. The van der Waals surface area contributed by atoms with Gasteiger partial charge in [-0.15, -0.1) is 5.10 Å². The number of nitrogens with one attached hydrogen (secondary N) is 1. The topological polar surface area (TPSA) is 94.8 Å². The maximum absolute atomic E-state index is 11.8. The van der Waals surface area contributed by atoms with Gasteiger partial charge in [0, 0.05) is 6.20 Å². The second-order valence-corrected chi connectivity index (χ2v) is 4.88. The number of carbonyl (C=O) groups is 1. The van der Waals surface area contributed by atoms with Gasteiger partial charge in [0.25, 0.3) is 5.91 Å². The lowest BCUT2D eigenvalue weighted by Crippen LogP contribution is -2.20. The zero-order valence-electron chi connectivity index (χ0n) is 11.8. The van der Waals surface area contributed by atoms with Crippen LogP contribution < -0.4 is 10.1 Å². The van der Waals surface area contributed by atoms with Crippen LogP contribution >= 0.6 is 11.6 Å². The molecule has 0 bridgehead atoms. The molecule has 116 valence electrons. The molecule has 0 spiro atoms. The number of ether oxygens (including phenoxy) is 1. The van der Waals surface area contributed by atoms with Crippen molar-refractivity contribution >= 4 is 23.3 Å². The van der Waals surface area contributed by atoms with Crippen LogP contribution in [-0.2, 0) is 4.79 Å². The summed E-state index contributed by atoms with van der Waals surface area (Å²) >= 11 is 5.73. The van der Waals surface area contributed by atoms with Crippen molar-refractivity contribution in [3.63, 3.8) is 0 Å². The van der Waals surface area contributed by atoms with Gasteiger partial charge in [0.1, 0.15) is 17.9 Å². The zero-order chi connectivity index (χ0) is 16.1. The first-order chi connectivity index (χ1) is 11.2. The van der Waals surface area contributed by atoms with Crippen LogP contribution in [0.3, 0.4) is 0 Å². The van der Waals surface area contributed by atoms with E-state index >= 15 is 0 Å². The number of hydrogen-bond acceptors (Lipinski definition) is 6. The summed E-state index contributed by atoms with van der Waals surface area (Å²) in [7, 11) is 0. The summed E-state index contributed by atoms with van der Waals surface area (Å²) in [5.41, 5.74) is 0.789. The third-order valence-corrected chi connectivity index (χ3v) is 3.04. The lowest BCUT2D eigenvalue weighted by Gasteiger charge is -2.07. The molecule has 0 aliphatic carbocycles. The van der Waals surface area contributed by atoms with E-state index in [1.54, 1.807) is 36.4 Å². The van der Waals surface area contributed by atoms with Gasteiger partial charge < -0.3 is 10.1 Å². The smallest absolute Gasteiger partial charge is 0.263 e. The summed E-state index contributed by atoms with van der Waals surface area (Å²) < 4.78 is 6.93. The van der Waals surface area contributed by atoms with Gasteiger partial charge >= 0.3 is 0 Å².